The van der Waals surface area contributed by atoms with E-state index in [9.17, 15) is 4.79 Å². The molecule has 0 N–H and O–H groups in total. The van der Waals surface area contributed by atoms with E-state index in [4.69, 9.17) is 4.74 Å². The molecule has 17 heavy (non-hydrogen) atoms. The minimum absolute atomic E-state index is 0.243. The molecule has 4 heteroatoms. The highest BCUT2D eigenvalue weighted by Crippen LogP contribution is 2.31. The Morgan fingerprint density at radius 2 is 2.35 bits per heavy atom. The van der Waals surface area contributed by atoms with Gasteiger partial charge in [-0.2, -0.15) is 0 Å². The number of aromatic nitrogens is 1. The van der Waals surface area contributed by atoms with Crippen molar-refractivity contribution in [1.82, 2.24) is 9.88 Å². The number of pyridine rings is 1. The van der Waals surface area contributed by atoms with Gasteiger partial charge in [0, 0.05) is 25.8 Å². The van der Waals surface area contributed by atoms with Crippen LogP contribution in [0.2, 0.25) is 0 Å². The fraction of sp³-hybridized carbons (Fsp3) is 0.538. The molecule has 0 aromatic carbocycles. The fourth-order valence-corrected chi connectivity index (χ4v) is 1.74. The maximum absolute atomic E-state index is 12.1. The van der Waals surface area contributed by atoms with Crippen molar-refractivity contribution in [2.45, 2.75) is 19.4 Å². The molecule has 0 radical (unpaired) electrons. The molecule has 2 rings (SSSR count). The number of rotatable bonds is 6. The van der Waals surface area contributed by atoms with Gasteiger partial charge in [0.15, 0.2) is 0 Å². The number of hydrogen-bond donors (Lipinski definition) is 0. The highest BCUT2D eigenvalue weighted by atomic mass is 16.5. The molecule has 0 bridgehead atoms. The van der Waals surface area contributed by atoms with E-state index in [1.807, 2.05) is 23.1 Å². The highest BCUT2D eigenvalue weighted by Gasteiger charge is 2.33. The highest BCUT2D eigenvalue weighted by molar-refractivity contribution is 5.81. The number of ether oxygens (including phenoxy) is 1. The standard InChI is InChI=1S/C13H18N2O2/c1-17-9-8-15(13(16)11-5-6-11)10-12-4-2-3-7-14-12/h2-4,7,11H,5-6,8-10H2,1H3. The zero-order chi connectivity index (χ0) is 12.1. The van der Waals surface area contributed by atoms with Crippen LogP contribution in [0, 0.1) is 5.92 Å². The summed E-state index contributed by atoms with van der Waals surface area (Å²) in [5.74, 6) is 0.489. The summed E-state index contributed by atoms with van der Waals surface area (Å²) in [6, 6.07) is 5.77. The van der Waals surface area contributed by atoms with E-state index in [0.717, 1.165) is 18.5 Å². The van der Waals surface area contributed by atoms with Crippen molar-refractivity contribution in [2.24, 2.45) is 5.92 Å². The van der Waals surface area contributed by atoms with E-state index in [0.29, 0.717) is 19.7 Å². The van der Waals surface area contributed by atoms with E-state index >= 15 is 0 Å². The first-order valence-corrected chi connectivity index (χ1v) is 5.99. The predicted octanol–water partition coefficient (Wildman–Crippen LogP) is 1.47. The largest absolute Gasteiger partial charge is 0.383 e. The van der Waals surface area contributed by atoms with Crippen LogP contribution in [0.4, 0.5) is 0 Å². The van der Waals surface area contributed by atoms with Crippen molar-refractivity contribution < 1.29 is 9.53 Å². The average molecular weight is 234 g/mol. The van der Waals surface area contributed by atoms with Crippen LogP contribution in [-0.2, 0) is 16.1 Å². The van der Waals surface area contributed by atoms with Crippen LogP contribution in [0.3, 0.4) is 0 Å². The van der Waals surface area contributed by atoms with Crippen molar-refractivity contribution >= 4 is 5.91 Å². The Bertz CT molecular complexity index is 363. The van der Waals surface area contributed by atoms with Gasteiger partial charge in [0.05, 0.1) is 18.8 Å². The van der Waals surface area contributed by atoms with Gasteiger partial charge < -0.3 is 9.64 Å². The molecule has 0 atom stereocenters. The molecule has 1 saturated carbocycles. The third kappa shape index (κ3) is 3.53. The van der Waals surface area contributed by atoms with Crippen molar-refractivity contribution in [3.05, 3.63) is 30.1 Å². The van der Waals surface area contributed by atoms with Gasteiger partial charge in [0.2, 0.25) is 5.91 Å². The Balaban J connectivity index is 1.97. The topological polar surface area (TPSA) is 42.4 Å². The van der Waals surface area contributed by atoms with Crippen molar-refractivity contribution in [1.29, 1.82) is 0 Å². The van der Waals surface area contributed by atoms with Gasteiger partial charge in [-0.1, -0.05) is 6.07 Å². The summed E-state index contributed by atoms with van der Waals surface area (Å²) in [5, 5.41) is 0. The van der Waals surface area contributed by atoms with E-state index < -0.39 is 0 Å². The van der Waals surface area contributed by atoms with Crippen LogP contribution < -0.4 is 0 Å². The number of hydrogen-bond acceptors (Lipinski definition) is 3. The molecule has 1 amide bonds. The zero-order valence-corrected chi connectivity index (χ0v) is 10.1. The maximum atomic E-state index is 12.1. The van der Waals surface area contributed by atoms with Crippen molar-refractivity contribution in [3.8, 4) is 0 Å². The van der Waals surface area contributed by atoms with Crippen LogP contribution in [0.15, 0.2) is 24.4 Å². The predicted molar refractivity (Wildman–Crippen MR) is 64.3 cm³/mol. The third-order valence-electron chi connectivity index (χ3n) is 2.88. The molecule has 92 valence electrons. The number of carbonyl (C=O) groups is 1. The van der Waals surface area contributed by atoms with Crippen LogP contribution in [0.25, 0.3) is 0 Å². The lowest BCUT2D eigenvalue weighted by Crippen LogP contribution is -2.34. The van der Waals surface area contributed by atoms with Crippen LogP contribution in [0.5, 0.6) is 0 Å². The summed E-state index contributed by atoms with van der Waals surface area (Å²) < 4.78 is 5.05. The molecule has 1 heterocycles. The summed E-state index contributed by atoms with van der Waals surface area (Å²) in [4.78, 5) is 18.2. The first-order chi connectivity index (χ1) is 8.31. The molecule has 1 aliphatic rings. The minimum Gasteiger partial charge on any atom is -0.383 e. The molecule has 0 spiro atoms. The quantitative estimate of drug-likeness (QED) is 0.748. The maximum Gasteiger partial charge on any atom is 0.226 e. The molecular formula is C13H18N2O2. The Hall–Kier alpha value is -1.42. The van der Waals surface area contributed by atoms with Gasteiger partial charge in [-0.25, -0.2) is 0 Å². The molecule has 1 aliphatic carbocycles. The minimum atomic E-state index is 0.243. The van der Waals surface area contributed by atoms with Gasteiger partial charge in [-0.05, 0) is 25.0 Å². The zero-order valence-electron chi connectivity index (χ0n) is 10.1. The normalized spacial score (nSPS) is 14.6. The average Bonchev–Trinajstić information content (AvgIpc) is 3.19. The molecule has 0 aliphatic heterocycles. The summed E-state index contributed by atoms with van der Waals surface area (Å²) in [5.41, 5.74) is 0.928. The first kappa shape index (κ1) is 12.0. The van der Waals surface area contributed by atoms with Crippen LogP contribution in [0.1, 0.15) is 18.5 Å². The number of amides is 1. The number of carbonyl (C=O) groups excluding carboxylic acids is 1. The number of methoxy groups -OCH3 is 1. The van der Waals surface area contributed by atoms with Gasteiger partial charge >= 0.3 is 0 Å². The van der Waals surface area contributed by atoms with E-state index in [1.54, 1.807) is 13.3 Å². The van der Waals surface area contributed by atoms with E-state index in [1.165, 1.54) is 0 Å². The second-order valence-electron chi connectivity index (χ2n) is 4.35. The second kappa shape index (κ2) is 5.77. The van der Waals surface area contributed by atoms with Gasteiger partial charge in [0.1, 0.15) is 0 Å². The molecule has 4 nitrogen and oxygen atoms in total. The lowest BCUT2D eigenvalue weighted by Gasteiger charge is -2.21. The smallest absolute Gasteiger partial charge is 0.226 e. The summed E-state index contributed by atoms with van der Waals surface area (Å²) in [6.45, 7) is 1.80. The Labute approximate surface area is 102 Å². The summed E-state index contributed by atoms with van der Waals surface area (Å²) in [7, 11) is 1.65. The van der Waals surface area contributed by atoms with Gasteiger partial charge in [-0.3, -0.25) is 9.78 Å². The van der Waals surface area contributed by atoms with Gasteiger partial charge in [0.25, 0.3) is 0 Å². The van der Waals surface area contributed by atoms with Crippen LogP contribution in [-0.4, -0.2) is 36.1 Å². The lowest BCUT2D eigenvalue weighted by atomic mass is 10.3. The molecule has 1 fully saturated rings. The van der Waals surface area contributed by atoms with E-state index in [2.05, 4.69) is 4.98 Å². The molecular weight excluding hydrogens is 216 g/mol. The monoisotopic (exact) mass is 234 g/mol. The Morgan fingerprint density at radius 1 is 1.53 bits per heavy atom. The molecule has 0 unspecified atom stereocenters. The molecule has 1 aromatic rings. The number of nitrogens with zero attached hydrogens (tertiary/aromatic N) is 2. The Morgan fingerprint density at radius 3 is 2.94 bits per heavy atom. The third-order valence-corrected chi connectivity index (χ3v) is 2.88. The lowest BCUT2D eigenvalue weighted by molar-refractivity contribution is -0.133. The van der Waals surface area contributed by atoms with E-state index in [-0.39, 0.29) is 11.8 Å². The van der Waals surface area contributed by atoms with Gasteiger partial charge in [-0.15, -0.1) is 0 Å². The summed E-state index contributed by atoms with van der Waals surface area (Å²) in [6.07, 6.45) is 3.82. The summed E-state index contributed by atoms with van der Waals surface area (Å²) >= 11 is 0. The SMILES string of the molecule is COCCN(Cc1ccccn1)C(=O)C1CC1. The van der Waals surface area contributed by atoms with Crippen LogP contribution >= 0.6 is 0 Å². The fourth-order valence-electron chi connectivity index (χ4n) is 1.74. The van der Waals surface area contributed by atoms with Crippen molar-refractivity contribution in [3.63, 3.8) is 0 Å². The first-order valence-electron chi connectivity index (χ1n) is 5.99. The molecule has 1 aromatic heterocycles. The Kier molecular flexibility index (Phi) is 4.09. The van der Waals surface area contributed by atoms with Crippen molar-refractivity contribution in [2.75, 3.05) is 20.3 Å². The second-order valence-corrected chi connectivity index (χ2v) is 4.35. The molecule has 0 saturated heterocycles.